The molecule has 102 valence electrons. The lowest BCUT2D eigenvalue weighted by Gasteiger charge is -2.26. The summed E-state index contributed by atoms with van der Waals surface area (Å²) in [5.74, 6) is 3.54. The molecule has 1 aromatic heterocycles. The van der Waals surface area contributed by atoms with Crippen LogP contribution in [0, 0.1) is 11.8 Å². The van der Waals surface area contributed by atoms with E-state index in [1.54, 1.807) is 6.33 Å². The van der Waals surface area contributed by atoms with Gasteiger partial charge in [0.25, 0.3) is 0 Å². The molecule has 3 fully saturated rings. The van der Waals surface area contributed by atoms with Crippen molar-refractivity contribution in [3.63, 3.8) is 0 Å². The molecule has 0 aromatic carbocycles. The second-order valence-corrected chi connectivity index (χ2v) is 6.58. The molecule has 0 radical (unpaired) electrons. The summed E-state index contributed by atoms with van der Waals surface area (Å²) in [7, 11) is 2.24. The normalized spacial score (nSPS) is 31.5. The standard InChI is InChI=1S/C15H22N4/c1-18-6-12-8-19(9-13(12)7-18)15-5-14(16-10-17-15)11-3-2-4-11/h5,10-13H,2-4,6-9H2,1H3/t12-,13-/m1/s1. The van der Waals surface area contributed by atoms with Crippen molar-refractivity contribution in [2.45, 2.75) is 25.2 Å². The van der Waals surface area contributed by atoms with Gasteiger partial charge in [-0.3, -0.25) is 0 Å². The van der Waals surface area contributed by atoms with E-state index in [4.69, 9.17) is 0 Å². The maximum atomic E-state index is 4.51. The second-order valence-electron chi connectivity index (χ2n) is 6.58. The highest BCUT2D eigenvalue weighted by atomic mass is 15.3. The molecule has 0 unspecified atom stereocenters. The third-order valence-electron chi connectivity index (χ3n) is 5.19. The third-order valence-corrected chi connectivity index (χ3v) is 5.19. The molecule has 0 N–H and O–H groups in total. The fraction of sp³-hybridized carbons (Fsp3) is 0.733. The SMILES string of the molecule is CN1C[C@@H]2CN(c3cc(C4CCC4)ncn3)C[C@H]2C1. The second kappa shape index (κ2) is 4.44. The van der Waals surface area contributed by atoms with Crippen molar-refractivity contribution in [1.29, 1.82) is 0 Å². The summed E-state index contributed by atoms with van der Waals surface area (Å²) in [6, 6.07) is 2.24. The summed E-state index contributed by atoms with van der Waals surface area (Å²) in [6.07, 6.45) is 5.76. The number of aromatic nitrogens is 2. The molecule has 1 saturated carbocycles. The fourth-order valence-electron chi connectivity index (χ4n) is 3.88. The van der Waals surface area contributed by atoms with E-state index < -0.39 is 0 Å². The smallest absolute Gasteiger partial charge is 0.132 e. The Kier molecular flexibility index (Phi) is 2.72. The predicted octanol–water partition coefficient (Wildman–Crippen LogP) is 1.74. The highest BCUT2D eigenvalue weighted by Crippen LogP contribution is 2.37. The molecule has 2 atom stereocenters. The zero-order valence-electron chi connectivity index (χ0n) is 11.6. The predicted molar refractivity (Wildman–Crippen MR) is 75.3 cm³/mol. The van der Waals surface area contributed by atoms with Crippen LogP contribution in [0.3, 0.4) is 0 Å². The van der Waals surface area contributed by atoms with Gasteiger partial charge in [-0.05, 0) is 31.7 Å². The molecular formula is C15H22N4. The van der Waals surface area contributed by atoms with Crippen LogP contribution in [0.2, 0.25) is 0 Å². The van der Waals surface area contributed by atoms with E-state index in [0.717, 1.165) is 17.7 Å². The van der Waals surface area contributed by atoms with Gasteiger partial charge >= 0.3 is 0 Å². The van der Waals surface area contributed by atoms with Crippen LogP contribution >= 0.6 is 0 Å². The zero-order valence-corrected chi connectivity index (χ0v) is 11.6. The Balaban J connectivity index is 1.51. The van der Waals surface area contributed by atoms with Crippen molar-refractivity contribution in [3.8, 4) is 0 Å². The van der Waals surface area contributed by atoms with Gasteiger partial charge in [0.1, 0.15) is 12.1 Å². The fourth-order valence-corrected chi connectivity index (χ4v) is 3.88. The number of hydrogen-bond donors (Lipinski definition) is 0. The quantitative estimate of drug-likeness (QED) is 0.809. The maximum Gasteiger partial charge on any atom is 0.132 e. The molecule has 3 aliphatic rings. The average Bonchev–Trinajstić information content (AvgIpc) is 2.84. The highest BCUT2D eigenvalue weighted by Gasteiger charge is 2.39. The molecule has 1 aromatic rings. The highest BCUT2D eigenvalue weighted by molar-refractivity contribution is 5.42. The monoisotopic (exact) mass is 258 g/mol. The Morgan fingerprint density at radius 2 is 1.79 bits per heavy atom. The topological polar surface area (TPSA) is 32.3 Å². The van der Waals surface area contributed by atoms with E-state index in [1.807, 2.05) is 0 Å². The summed E-state index contributed by atoms with van der Waals surface area (Å²) in [4.78, 5) is 13.9. The Morgan fingerprint density at radius 1 is 1.05 bits per heavy atom. The lowest BCUT2D eigenvalue weighted by Crippen LogP contribution is -2.27. The van der Waals surface area contributed by atoms with Crippen molar-refractivity contribution >= 4 is 5.82 Å². The van der Waals surface area contributed by atoms with Crippen molar-refractivity contribution in [2.75, 3.05) is 38.1 Å². The van der Waals surface area contributed by atoms with Crippen LogP contribution in [0.15, 0.2) is 12.4 Å². The van der Waals surface area contributed by atoms with E-state index in [2.05, 4.69) is 32.9 Å². The lowest BCUT2D eigenvalue weighted by atomic mass is 9.83. The van der Waals surface area contributed by atoms with Gasteiger partial charge in [-0.15, -0.1) is 0 Å². The van der Waals surface area contributed by atoms with Crippen molar-refractivity contribution < 1.29 is 0 Å². The minimum Gasteiger partial charge on any atom is -0.356 e. The molecule has 4 rings (SSSR count). The van der Waals surface area contributed by atoms with E-state index in [0.29, 0.717) is 5.92 Å². The number of nitrogens with zero attached hydrogens (tertiary/aromatic N) is 4. The van der Waals surface area contributed by atoms with Gasteiger partial charge in [0.05, 0.1) is 0 Å². The minimum atomic E-state index is 0.704. The van der Waals surface area contributed by atoms with Gasteiger partial charge in [-0.25, -0.2) is 9.97 Å². The van der Waals surface area contributed by atoms with Gasteiger partial charge in [-0.1, -0.05) is 6.42 Å². The molecule has 2 aliphatic heterocycles. The number of likely N-dealkylation sites (tertiary alicyclic amines) is 1. The summed E-state index contributed by atoms with van der Waals surface area (Å²) in [5, 5.41) is 0. The Bertz CT molecular complexity index is 457. The molecule has 0 bridgehead atoms. The van der Waals surface area contributed by atoms with Crippen LogP contribution in [0.25, 0.3) is 0 Å². The van der Waals surface area contributed by atoms with Crippen LogP contribution in [0.5, 0.6) is 0 Å². The van der Waals surface area contributed by atoms with Crippen molar-refractivity contribution in [1.82, 2.24) is 14.9 Å². The van der Waals surface area contributed by atoms with E-state index >= 15 is 0 Å². The maximum absolute atomic E-state index is 4.51. The summed E-state index contributed by atoms with van der Waals surface area (Å²) >= 11 is 0. The van der Waals surface area contributed by atoms with Gasteiger partial charge < -0.3 is 9.80 Å². The molecular weight excluding hydrogens is 236 g/mol. The van der Waals surface area contributed by atoms with Gasteiger partial charge in [-0.2, -0.15) is 0 Å². The molecule has 19 heavy (non-hydrogen) atoms. The lowest BCUT2D eigenvalue weighted by molar-refractivity contribution is 0.386. The number of rotatable bonds is 2. The van der Waals surface area contributed by atoms with Crippen LogP contribution < -0.4 is 4.90 Å². The van der Waals surface area contributed by atoms with E-state index in [-0.39, 0.29) is 0 Å². The molecule has 4 heteroatoms. The van der Waals surface area contributed by atoms with Gasteiger partial charge in [0.2, 0.25) is 0 Å². The first-order valence-electron chi connectivity index (χ1n) is 7.55. The van der Waals surface area contributed by atoms with Crippen molar-refractivity contribution in [2.24, 2.45) is 11.8 Å². The Labute approximate surface area is 114 Å². The summed E-state index contributed by atoms with van der Waals surface area (Å²) in [6.45, 7) is 4.86. The molecule has 0 spiro atoms. The minimum absolute atomic E-state index is 0.704. The Morgan fingerprint density at radius 3 is 2.42 bits per heavy atom. The molecule has 1 aliphatic carbocycles. The van der Waals surface area contributed by atoms with Gasteiger partial charge in [0.15, 0.2) is 0 Å². The average molecular weight is 258 g/mol. The largest absolute Gasteiger partial charge is 0.356 e. The van der Waals surface area contributed by atoms with Gasteiger partial charge in [0, 0.05) is 43.9 Å². The first-order valence-corrected chi connectivity index (χ1v) is 7.55. The van der Waals surface area contributed by atoms with Crippen molar-refractivity contribution in [3.05, 3.63) is 18.1 Å². The van der Waals surface area contributed by atoms with Crippen LogP contribution in [-0.4, -0.2) is 48.1 Å². The summed E-state index contributed by atoms with van der Waals surface area (Å²) < 4.78 is 0. The van der Waals surface area contributed by atoms with E-state index in [1.165, 1.54) is 51.1 Å². The zero-order chi connectivity index (χ0) is 12.8. The van der Waals surface area contributed by atoms with Crippen LogP contribution in [0.4, 0.5) is 5.82 Å². The summed E-state index contributed by atoms with van der Waals surface area (Å²) in [5.41, 5.74) is 1.27. The van der Waals surface area contributed by atoms with Crippen LogP contribution in [0.1, 0.15) is 30.9 Å². The Hall–Kier alpha value is -1.16. The molecule has 3 heterocycles. The molecule has 2 saturated heterocycles. The number of hydrogen-bond acceptors (Lipinski definition) is 4. The molecule has 0 amide bonds. The number of anilines is 1. The first kappa shape index (κ1) is 11.6. The van der Waals surface area contributed by atoms with E-state index in [9.17, 15) is 0 Å². The third kappa shape index (κ3) is 2.02. The van der Waals surface area contributed by atoms with Crippen LogP contribution in [-0.2, 0) is 0 Å². The molecule has 4 nitrogen and oxygen atoms in total. The first-order chi connectivity index (χ1) is 9.29. The number of fused-ring (bicyclic) bond motifs is 1.